The van der Waals surface area contributed by atoms with Gasteiger partial charge in [-0.05, 0) is 36.8 Å². The lowest BCUT2D eigenvalue weighted by Crippen LogP contribution is -2.17. The summed E-state index contributed by atoms with van der Waals surface area (Å²) in [5.41, 5.74) is 1.96. The van der Waals surface area contributed by atoms with Gasteiger partial charge in [-0.3, -0.25) is 9.20 Å². The van der Waals surface area contributed by atoms with Gasteiger partial charge in [0.15, 0.2) is 0 Å². The van der Waals surface area contributed by atoms with Crippen LogP contribution < -0.4 is 5.56 Å². The van der Waals surface area contributed by atoms with Crippen LogP contribution in [-0.2, 0) is 11.3 Å². The average molecular weight is 329 g/mol. The largest absolute Gasteiger partial charge is 0.456 e. The Bertz CT molecular complexity index is 950. The number of aryl methyl sites for hydroxylation is 1. The Hall–Kier alpha value is -2.66. The minimum Gasteiger partial charge on any atom is -0.456 e. The zero-order valence-corrected chi connectivity index (χ0v) is 13.1. The van der Waals surface area contributed by atoms with Crippen LogP contribution in [0.4, 0.5) is 0 Å². The van der Waals surface area contributed by atoms with Gasteiger partial charge in [-0.2, -0.15) is 0 Å². The number of pyridine rings is 1. The molecule has 0 saturated carbocycles. The molecule has 0 unspecified atom stereocenters. The topological polar surface area (TPSA) is 60.7 Å². The van der Waals surface area contributed by atoms with Gasteiger partial charge >= 0.3 is 5.97 Å². The standard InChI is InChI=1S/C17H13ClN2O3/c1-11-4-3-7-20-15(21)9-14(19-16(11)20)10-23-17(22)12-5-2-6-13(18)8-12/h2-9H,10H2,1H3. The molecule has 0 amide bonds. The van der Waals surface area contributed by atoms with Gasteiger partial charge in [-0.15, -0.1) is 0 Å². The van der Waals surface area contributed by atoms with E-state index in [4.69, 9.17) is 16.3 Å². The zero-order valence-electron chi connectivity index (χ0n) is 12.3. The van der Waals surface area contributed by atoms with Crippen LogP contribution >= 0.6 is 11.6 Å². The maximum atomic E-state index is 12.1. The number of fused-ring (bicyclic) bond motifs is 1. The molecule has 0 N–H and O–H groups in total. The summed E-state index contributed by atoms with van der Waals surface area (Å²) in [6, 6.07) is 11.5. The Kier molecular flexibility index (Phi) is 4.12. The van der Waals surface area contributed by atoms with Crippen molar-refractivity contribution in [1.82, 2.24) is 9.38 Å². The fourth-order valence-electron chi connectivity index (χ4n) is 2.22. The number of carbonyl (C=O) groups is 1. The van der Waals surface area contributed by atoms with Crippen molar-refractivity contribution in [3.63, 3.8) is 0 Å². The van der Waals surface area contributed by atoms with Crippen LogP contribution in [0.3, 0.4) is 0 Å². The van der Waals surface area contributed by atoms with E-state index in [1.807, 2.05) is 13.0 Å². The summed E-state index contributed by atoms with van der Waals surface area (Å²) in [5.74, 6) is -0.515. The maximum Gasteiger partial charge on any atom is 0.338 e. The third-order valence-corrected chi connectivity index (χ3v) is 3.59. The molecule has 2 heterocycles. The summed E-state index contributed by atoms with van der Waals surface area (Å²) in [4.78, 5) is 28.4. The first kappa shape index (κ1) is 15.2. The molecule has 116 valence electrons. The van der Waals surface area contributed by atoms with E-state index in [9.17, 15) is 9.59 Å². The second-order valence-corrected chi connectivity index (χ2v) is 5.49. The fraction of sp³-hybridized carbons (Fsp3) is 0.118. The lowest BCUT2D eigenvalue weighted by atomic mass is 10.2. The number of halogens is 1. The highest BCUT2D eigenvalue weighted by Gasteiger charge is 2.10. The van der Waals surface area contributed by atoms with Crippen molar-refractivity contribution in [2.75, 3.05) is 0 Å². The molecule has 1 aromatic carbocycles. The molecule has 0 fully saturated rings. The maximum absolute atomic E-state index is 12.1. The minimum atomic E-state index is -0.515. The van der Waals surface area contributed by atoms with E-state index >= 15 is 0 Å². The molecular formula is C17H13ClN2O3. The van der Waals surface area contributed by atoms with Crippen molar-refractivity contribution in [3.8, 4) is 0 Å². The van der Waals surface area contributed by atoms with Crippen molar-refractivity contribution in [1.29, 1.82) is 0 Å². The lowest BCUT2D eigenvalue weighted by molar-refractivity contribution is 0.0467. The van der Waals surface area contributed by atoms with Gasteiger partial charge in [0.05, 0.1) is 11.3 Å². The fourth-order valence-corrected chi connectivity index (χ4v) is 2.41. The molecule has 0 radical (unpaired) electrons. The highest BCUT2D eigenvalue weighted by molar-refractivity contribution is 6.30. The van der Waals surface area contributed by atoms with Crippen molar-refractivity contribution in [2.24, 2.45) is 0 Å². The SMILES string of the molecule is Cc1cccn2c(=O)cc(COC(=O)c3cccc(Cl)c3)nc12. The highest BCUT2D eigenvalue weighted by Crippen LogP contribution is 2.12. The van der Waals surface area contributed by atoms with E-state index < -0.39 is 5.97 Å². The molecule has 5 nitrogen and oxygen atoms in total. The third-order valence-electron chi connectivity index (χ3n) is 3.35. The number of hydrogen-bond donors (Lipinski definition) is 0. The van der Waals surface area contributed by atoms with Gasteiger partial charge in [-0.1, -0.05) is 23.7 Å². The number of esters is 1. The number of carbonyl (C=O) groups excluding carboxylic acids is 1. The smallest absolute Gasteiger partial charge is 0.338 e. The highest BCUT2D eigenvalue weighted by atomic mass is 35.5. The first-order chi connectivity index (χ1) is 11.0. The molecule has 3 aromatic rings. The normalized spacial score (nSPS) is 10.7. The second-order valence-electron chi connectivity index (χ2n) is 5.06. The number of nitrogens with zero attached hydrogens (tertiary/aromatic N) is 2. The summed E-state index contributed by atoms with van der Waals surface area (Å²) < 4.78 is 6.66. The summed E-state index contributed by atoms with van der Waals surface area (Å²) >= 11 is 5.85. The molecule has 0 aliphatic carbocycles. The van der Waals surface area contributed by atoms with Crippen LogP contribution in [0, 0.1) is 6.92 Å². The van der Waals surface area contributed by atoms with Gasteiger partial charge < -0.3 is 4.74 Å². The van der Waals surface area contributed by atoms with Gasteiger partial charge in [0.1, 0.15) is 12.3 Å². The molecule has 6 heteroatoms. The molecule has 0 aliphatic heterocycles. The van der Waals surface area contributed by atoms with Gasteiger partial charge in [0, 0.05) is 17.3 Å². The summed E-state index contributed by atoms with van der Waals surface area (Å²) in [5, 5.41) is 0.456. The number of rotatable bonds is 3. The van der Waals surface area contributed by atoms with Gasteiger partial charge in [-0.25, -0.2) is 9.78 Å². The van der Waals surface area contributed by atoms with E-state index in [0.29, 0.717) is 21.9 Å². The molecule has 2 aromatic heterocycles. The predicted octanol–water partition coefficient (Wildman–Crippen LogP) is 3.01. The lowest BCUT2D eigenvalue weighted by Gasteiger charge is -2.07. The third kappa shape index (κ3) is 3.24. The second kappa shape index (κ2) is 6.22. The van der Waals surface area contributed by atoms with Crippen molar-refractivity contribution in [3.05, 3.63) is 80.9 Å². The Labute approximate surface area is 137 Å². The van der Waals surface area contributed by atoms with Crippen LogP contribution in [0.25, 0.3) is 5.65 Å². The quantitative estimate of drug-likeness (QED) is 0.693. The first-order valence-electron chi connectivity index (χ1n) is 6.95. The Balaban J connectivity index is 1.83. The predicted molar refractivity (Wildman–Crippen MR) is 86.8 cm³/mol. The van der Waals surface area contributed by atoms with Crippen LogP contribution in [-0.4, -0.2) is 15.4 Å². The summed E-state index contributed by atoms with van der Waals surface area (Å²) in [6.07, 6.45) is 1.65. The number of ether oxygens (including phenoxy) is 1. The van der Waals surface area contributed by atoms with Gasteiger partial charge in [0.25, 0.3) is 5.56 Å². The average Bonchev–Trinajstić information content (AvgIpc) is 2.53. The number of aromatic nitrogens is 2. The monoisotopic (exact) mass is 328 g/mol. The molecule has 0 aliphatic rings. The molecule has 0 saturated heterocycles. The van der Waals surface area contributed by atoms with Crippen molar-refractivity contribution >= 4 is 23.2 Å². The van der Waals surface area contributed by atoms with Crippen LogP contribution in [0.2, 0.25) is 5.02 Å². The Morgan fingerprint density at radius 3 is 2.87 bits per heavy atom. The number of benzene rings is 1. The van der Waals surface area contributed by atoms with Crippen LogP contribution in [0.15, 0.2) is 53.5 Å². The molecule has 3 rings (SSSR count). The van der Waals surface area contributed by atoms with Crippen molar-refractivity contribution in [2.45, 2.75) is 13.5 Å². The van der Waals surface area contributed by atoms with Gasteiger partial charge in [0.2, 0.25) is 0 Å². The van der Waals surface area contributed by atoms with E-state index in [0.717, 1.165) is 5.56 Å². The van der Waals surface area contributed by atoms with Crippen molar-refractivity contribution < 1.29 is 9.53 Å². The molecular weight excluding hydrogens is 316 g/mol. The minimum absolute atomic E-state index is 0.0780. The van der Waals surface area contributed by atoms with E-state index in [1.165, 1.54) is 16.5 Å². The van der Waals surface area contributed by atoms with E-state index in [2.05, 4.69) is 4.98 Å². The van der Waals surface area contributed by atoms with E-state index in [1.54, 1.807) is 30.5 Å². The van der Waals surface area contributed by atoms with Crippen LogP contribution in [0.5, 0.6) is 0 Å². The zero-order chi connectivity index (χ0) is 16.4. The molecule has 0 bridgehead atoms. The first-order valence-corrected chi connectivity index (χ1v) is 7.33. The molecule has 0 spiro atoms. The van der Waals surface area contributed by atoms with E-state index in [-0.39, 0.29) is 12.2 Å². The summed E-state index contributed by atoms with van der Waals surface area (Å²) in [7, 11) is 0. The van der Waals surface area contributed by atoms with Crippen LogP contribution in [0.1, 0.15) is 21.6 Å². The Morgan fingerprint density at radius 1 is 1.26 bits per heavy atom. The Morgan fingerprint density at radius 2 is 2.09 bits per heavy atom. The molecule has 23 heavy (non-hydrogen) atoms. The summed E-state index contributed by atoms with van der Waals surface area (Å²) in [6.45, 7) is 1.79. The number of hydrogen-bond acceptors (Lipinski definition) is 4. The molecule has 0 atom stereocenters.